The predicted molar refractivity (Wildman–Crippen MR) is 89.0 cm³/mol. The first-order valence-electron chi connectivity index (χ1n) is 8.34. The molecule has 4 rings (SSSR count). The van der Waals surface area contributed by atoms with Crippen LogP contribution in [0.1, 0.15) is 29.8 Å². The summed E-state index contributed by atoms with van der Waals surface area (Å²) >= 11 is 0. The number of rotatable bonds is 4. The molecular formula is C18H21N3O3. The molecule has 24 heavy (non-hydrogen) atoms. The van der Waals surface area contributed by atoms with Crippen LogP contribution in [0.3, 0.4) is 0 Å². The second-order valence-electron chi connectivity index (χ2n) is 6.64. The molecule has 1 amide bonds. The van der Waals surface area contributed by atoms with Crippen LogP contribution in [-0.2, 0) is 0 Å². The number of carbonyl (C=O) groups is 1. The lowest BCUT2D eigenvalue weighted by Gasteiger charge is -2.34. The lowest BCUT2D eigenvalue weighted by molar-refractivity contribution is 0.0868. The quantitative estimate of drug-likeness (QED) is 0.933. The zero-order chi connectivity index (χ0) is 16.6. The molecule has 3 heterocycles. The van der Waals surface area contributed by atoms with Crippen LogP contribution in [-0.4, -0.2) is 48.2 Å². The van der Waals surface area contributed by atoms with Gasteiger partial charge in [-0.25, -0.2) is 0 Å². The van der Waals surface area contributed by atoms with Crippen LogP contribution in [0.4, 0.5) is 0 Å². The highest BCUT2D eigenvalue weighted by atomic mass is 16.5. The summed E-state index contributed by atoms with van der Waals surface area (Å²) in [6.45, 7) is 3.14. The highest BCUT2D eigenvalue weighted by molar-refractivity contribution is 5.93. The van der Waals surface area contributed by atoms with E-state index in [1.165, 1.54) is 0 Å². The largest absolute Gasteiger partial charge is 0.496 e. The van der Waals surface area contributed by atoms with Crippen LogP contribution in [0.25, 0.3) is 11.3 Å². The van der Waals surface area contributed by atoms with Crippen LogP contribution in [0.2, 0.25) is 0 Å². The second-order valence-corrected chi connectivity index (χ2v) is 6.64. The Balaban J connectivity index is 1.53. The van der Waals surface area contributed by atoms with E-state index < -0.39 is 0 Å². The lowest BCUT2D eigenvalue weighted by atomic mass is 9.90. The van der Waals surface area contributed by atoms with Gasteiger partial charge in [-0.05, 0) is 37.9 Å². The number of benzene rings is 1. The maximum atomic E-state index is 12.6. The van der Waals surface area contributed by atoms with Crippen LogP contribution in [0.15, 0.2) is 34.9 Å². The van der Waals surface area contributed by atoms with Crippen LogP contribution < -0.4 is 10.1 Å². The summed E-state index contributed by atoms with van der Waals surface area (Å²) in [5, 5.41) is 7.16. The molecule has 126 valence electrons. The molecule has 2 aliphatic heterocycles. The van der Waals surface area contributed by atoms with E-state index in [0.717, 1.165) is 44.5 Å². The highest BCUT2D eigenvalue weighted by Gasteiger charge is 2.42. The Kier molecular flexibility index (Phi) is 3.76. The Morgan fingerprint density at radius 2 is 2.21 bits per heavy atom. The van der Waals surface area contributed by atoms with Gasteiger partial charge < -0.3 is 19.5 Å². The van der Waals surface area contributed by atoms with Gasteiger partial charge in [0.05, 0.1) is 18.2 Å². The summed E-state index contributed by atoms with van der Waals surface area (Å²) in [5.74, 6) is 1.06. The minimum Gasteiger partial charge on any atom is -0.496 e. The third-order valence-electron chi connectivity index (χ3n) is 5.06. The summed E-state index contributed by atoms with van der Waals surface area (Å²) in [4.78, 5) is 15.0. The molecule has 0 spiro atoms. The molecule has 2 aromatic rings. The number of piperidine rings is 1. The molecule has 1 aromatic heterocycles. The Morgan fingerprint density at radius 1 is 1.33 bits per heavy atom. The number of hydrogen-bond donors (Lipinski definition) is 1. The number of nitrogens with zero attached hydrogens (tertiary/aromatic N) is 2. The molecule has 1 N–H and O–H groups in total. The van der Waals surface area contributed by atoms with E-state index >= 15 is 0 Å². The van der Waals surface area contributed by atoms with Crippen LogP contribution in [0, 0.1) is 0 Å². The predicted octanol–water partition coefficient (Wildman–Crippen LogP) is 2.32. The van der Waals surface area contributed by atoms with Crippen molar-refractivity contribution in [3.63, 3.8) is 0 Å². The molecule has 2 aliphatic rings. The average Bonchev–Trinajstić information content (AvgIpc) is 3.20. The number of carbonyl (C=O) groups excluding carboxylic acids is 1. The molecule has 0 aliphatic carbocycles. The van der Waals surface area contributed by atoms with Gasteiger partial charge in [-0.15, -0.1) is 0 Å². The van der Waals surface area contributed by atoms with Crippen molar-refractivity contribution in [1.29, 1.82) is 0 Å². The smallest absolute Gasteiger partial charge is 0.273 e. The molecule has 2 fully saturated rings. The van der Waals surface area contributed by atoms with Crippen molar-refractivity contribution < 1.29 is 14.1 Å². The molecule has 2 saturated heterocycles. The van der Waals surface area contributed by atoms with Crippen molar-refractivity contribution >= 4 is 5.91 Å². The minimum absolute atomic E-state index is 0.0983. The third-order valence-corrected chi connectivity index (χ3v) is 5.06. The van der Waals surface area contributed by atoms with E-state index in [9.17, 15) is 4.79 Å². The molecule has 0 radical (unpaired) electrons. The van der Waals surface area contributed by atoms with Crippen molar-refractivity contribution in [3.8, 4) is 17.1 Å². The fourth-order valence-electron chi connectivity index (χ4n) is 3.82. The summed E-state index contributed by atoms with van der Waals surface area (Å²) in [7, 11) is 1.61. The van der Waals surface area contributed by atoms with E-state index in [2.05, 4.69) is 15.4 Å². The minimum atomic E-state index is -0.163. The molecule has 2 atom stereocenters. The molecule has 6 heteroatoms. The van der Waals surface area contributed by atoms with Crippen molar-refractivity contribution in [2.75, 3.05) is 26.7 Å². The zero-order valence-corrected chi connectivity index (χ0v) is 13.7. The summed E-state index contributed by atoms with van der Waals surface area (Å²) in [6, 6.07) is 9.20. The number of fused-ring (bicyclic) bond motifs is 2. The van der Waals surface area contributed by atoms with Crippen molar-refractivity contribution in [1.82, 2.24) is 15.4 Å². The average molecular weight is 327 g/mol. The van der Waals surface area contributed by atoms with E-state index in [-0.39, 0.29) is 11.4 Å². The summed E-state index contributed by atoms with van der Waals surface area (Å²) in [5.41, 5.74) is 1.00. The van der Waals surface area contributed by atoms with Crippen LogP contribution in [0.5, 0.6) is 5.75 Å². The monoisotopic (exact) mass is 327 g/mol. The third kappa shape index (κ3) is 2.67. The Bertz CT molecular complexity index is 753. The van der Waals surface area contributed by atoms with Gasteiger partial charge in [0.25, 0.3) is 5.91 Å². The number of methoxy groups -OCH3 is 1. The molecule has 6 nitrogen and oxygen atoms in total. The van der Waals surface area contributed by atoms with Gasteiger partial charge >= 0.3 is 0 Å². The number of nitrogens with one attached hydrogen (secondary N) is 1. The number of hydrogen-bond acceptors (Lipinski definition) is 5. The fraction of sp³-hybridized carbons (Fsp3) is 0.444. The molecule has 1 aromatic carbocycles. The SMILES string of the molecule is COc1ccccc1-c1cc(C(=O)NC23CCCN(CC2)C3)no1. The highest BCUT2D eigenvalue weighted by Crippen LogP contribution is 2.32. The first kappa shape index (κ1) is 15.2. The maximum Gasteiger partial charge on any atom is 0.273 e. The maximum absolute atomic E-state index is 12.6. The van der Waals surface area contributed by atoms with E-state index in [1.54, 1.807) is 13.2 Å². The first-order chi connectivity index (χ1) is 11.7. The summed E-state index contributed by atoms with van der Waals surface area (Å²) < 4.78 is 10.7. The topological polar surface area (TPSA) is 67.6 Å². The number of ether oxygens (including phenoxy) is 1. The molecule has 2 bridgehead atoms. The number of para-hydroxylation sites is 1. The lowest BCUT2D eigenvalue weighted by Crippen LogP contribution is -2.52. The standard InChI is InChI=1S/C18H21N3O3/c1-23-15-6-3-2-5-13(15)16-11-14(20-24-16)17(22)19-18-7-4-9-21(12-18)10-8-18/h2-3,5-6,11H,4,7-10,12H2,1H3,(H,19,22). The van der Waals surface area contributed by atoms with Crippen molar-refractivity contribution in [2.45, 2.75) is 24.8 Å². The van der Waals surface area contributed by atoms with Gasteiger partial charge in [0.1, 0.15) is 5.75 Å². The van der Waals surface area contributed by atoms with Crippen molar-refractivity contribution in [2.24, 2.45) is 0 Å². The van der Waals surface area contributed by atoms with Crippen molar-refractivity contribution in [3.05, 3.63) is 36.0 Å². The second kappa shape index (κ2) is 5.94. The normalized spacial score (nSPS) is 25.5. The van der Waals surface area contributed by atoms with E-state index in [4.69, 9.17) is 9.26 Å². The molecule has 0 saturated carbocycles. The van der Waals surface area contributed by atoms with Gasteiger partial charge in [0, 0.05) is 19.2 Å². The number of amides is 1. The first-order valence-corrected chi connectivity index (χ1v) is 8.34. The van der Waals surface area contributed by atoms with E-state index in [0.29, 0.717) is 17.2 Å². The Labute approximate surface area is 140 Å². The zero-order valence-electron chi connectivity index (χ0n) is 13.7. The summed E-state index contributed by atoms with van der Waals surface area (Å²) in [6.07, 6.45) is 3.17. The van der Waals surface area contributed by atoms with Gasteiger partial charge in [-0.2, -0.15) is 0 Å². The fourth-order valence-corrected chi connectivity index (χ4v) is 3.82. The van der Waals surface area contributed by atoms with Gasteiger partial charge in [-0.1, -0.05) is 17.3 Å². The Morgan fingerprint density at radius 3 is 3.08 bits per heavy atom. The van der Waals surface area contributed by atoms with E-state index in [1.807, 2.05) is 24.3 Å². The Hall–Kier alpha value is -2.34. The molecular weight excluding hydrogens is 306 g/mol. The van der Waals surface area contributed by atoms with Gasteiger partial charge in [0.2, 0.25) is 0 Å². The van der Waals surface area contributed by atoms with Crippen LogP contribution >= 0.6 is 0 Å². The van der Waals surface area contributed by atoms with Gasteiger partial charge in [-0.3, -0.25) is 4.79 Å². The molecule has 2 unspecified atom stereocenters. The number of aromatic nitrogens is 1. The van der Waals surface area contributed by atoms with Gasteiger partial charge in [0.15, 0.2) is 11.5 Å².